The Kier molecular flexibility index (Phi) is 8.49. The Hall–Kier alpha value is -1.12. The second kappa shape index (κ2) is 9.13. The SMILES string of the molecule is CC(C)OCCOCC(=O)N(C)CCC#N. The van der Waals surface area contributed by atoms with Crippen molar-refractivity contribution in [3.63, 3.8) is 0 Å². The van der Waals surface area contributed by atoms with E-state index in [0.29, 0.717) is 26.2 Å². The third-order valence-corrected chi connectivity index (χ3v) is 1.89. The Bertz CT molecular complexity index is 236. The minimum Gasteiger partial charge on any atom is -0.376 e. The molecule has 0 aliphatic rings. The molecule has 0 N–H and O–H groups in total. The van der Waals surface area contributed by atoms with Gasteiger partial charge in [0.1, 0.15) is 6.61 Å². The molecule has 0 fully saturated rings. The maximum Gasteiger partial charge on any atom is 0.248 e. The number of carbonyl (C=O) groups excluding carboxylic acids is 1. The summed E-state index contributed by atoms with van der Waals surface area (Å²) >= 11 is 0. The Morgan fingerprint density at radius 1 is 1.44 bits per heavy atom. The third kappa shape index (κ3) is 8.21. The van der Waals surface area contributed by atoms with Crippen LogP contribution in [0.2, 0.25) is 0 Å². The van der Waals surface area contributed by atoms with Gasteiger partial charge in [0.2, 0.25) is 5.91 Å². The summed E-state index contributed by atoms with van der Waals surface area (Å²) in [6, 6.07) is 1.99. The summed E-state index contributed by atoms with van der Waals surface area (Å²) in [5.74, 6) is -0.111. The Morgan fingerprint density at radius 2 is 2.12 bits per heavy atom. The second-order valence-corrected chi connectivity index (χ2v) is 3.70. The van der Waals surface area contributed by atoms with E-state index in [2.05, 4.69) is 0 Å². The molecule has 0 aromatic carbocycles. The number of carbonyl (C=O) groups is 1. The lowest BCUT2D eigenvalue weighted by molar-refractivity contribution is -0.135. The van der Waals surface area contributed by atoms with Crippen LogP contribution >= 0.6 is 0 Å². The van der Waals surface area contributed by atoms with Gasteiger partial charge in [-0.05, 0) is 13.8 Å². The lowest BCUT2D eigenvalue weighted by Gasteiger charge is -2.15. The van der Waals surface area contributed by atoms with E-state index < -0.39 is 0 Å². The van der Waals surface area contributed by atoms with Crippen LogP contribution in [-0.4, -0.2) is 50.3 Å². The van der Waals surface area contributed by atoms with Crippen molar-refractivity contribution in [3.05, 3.63) is 0 Å². The Labute approximate surface area is 96.9 Å². The van der Waals surface area contributed by atoms with Crippen LogP contribution in [0.15, 0.2) is 0 Å². The summed E-state index contributed by atoms with van der Waals surface area (Å²) in [5, 5.41) is 8.36. The van der Waals surface area contributed by atoms with Crippen LogP contribution in [0.25, 0.3) is 0 Å². The van der Waals surface area contributed by atoms with Gasteiger partial charge in [-0.1, -0.05) is 0 Å². The number of amides is 1. The molecule has 0 aromatic heterocycles. The van der Waals surface area contributed by atoms with Gasteiger partial charge in [-0.2, -0.15) is 5.26 Å². The average Bonchev–Trinajstić information content (AvgIpc) is 2.24. The fraction of sp³-hybridized carbons (Fsp3) is 0.818. The minimum absolute atomic E-state index is 0.0450. The maximum absolute atomic E-state index is 11.4. The van der Waals surface area contributed by atoms with Crippen LogP contribution in [0, 0.1) is 11.3 Å². The topological polar surface area (TPSA) is 62.6 Å². The smallest absolute Gasteiger partial charge is 0.248 e. The number of ether oxygens (including phenoxy) is 2. The van der Waals surface area contributed by atoms with Crippen molar-refractivity contribution in [2.75, 3.05) is 33.4 Å². The molecule has 0 unspecified atom stereocenters. The van der Waals surface area contributed by atoms with Crippen LogP contribution in [0.5, 0.6) is 0 Å². The van der Waals surface area contributed by atoms with Crippen molar-refractivity contribution in [2.45, 2.75) is 26.4 Å². The lowest BCUT2D eigenvalue weighted by atomic mass is 10.4. The van der Waals surface area contributed by atoms with Crippen molar-refractivity contribution in [1.29, 1.82) is 5.26 Å². The van der Waals surface area contributed by atoms with E-state index in [4.69, 9.17) is 14.7 Å². The monoisotopic (exact) mass is 228 g/mol. The van der Waals surface area contributed by atoms with Crippen LogP contribution < -0.4 is 0 Å². The van der Waals surface area contributed by atoms with Crippen LogP contribution in [0.3, 0.4) is 0 Å². The highest BCUT2D eigenvalue weighted by Crippen LogP contribution is 1.91. The predicted octanol–water partition coefficient (Wildman–Crippen LogP) is 0.800. The van der Waals surface area contributed by atoms with Gasteiger partial charge < -0.3 is 14.4 Å². The zero-order chi connectivity index (χ0) is 12.4. The van der Waals surface area contributed by atoms with E-state index >= 15 is 0 Å². The van der Waals surface area contributed by atoms with E-state index in [1.54, 1.807) is 7.05 Å². The van der Waals surface area contributed by atoms with Crippen LogP contribution in [0.1, 0.15) is 20.3 Å². The largest absolute Gasteiger partial charge is 0.376 e. The highest BCUT2D eigenvalue weighted by atomic mass is 16.5. The predicted molar refractivity (Wildman–Crippen MR) is 59.8 cm³/mol. The molecule has 0 spiro atoms. The van der Waals surface area contributed by atoms with Gasteiger partial charge >= 0.3 is 0 Å². The molecule has 0 bridgehead atoms. The van der Waals surface area contributed by atoms with Gasteiger partial charge in [0.15, 0.2) is 0 Å². The summed E-state index contributed by atoms with van der Waals surface area (Å²) in [4.78, 5) is 12.9. The molecule has 0 aliphatic carbocycles. The first kappa shape index (κ1) is 14.9. The van der Waals surface area contributed by atoms with Gasteiger partial charge in [-0.25, -0.2) is 0 Å². The van der Waals surface area contributed by atoms with Gasteiger partial charge in [-0.15, -0.1) is 0 Å². The first-order valence-corrected chi connectivity index (χ1v) is 5.38. The first-order chi connectivity index (χ1) is 7.57. The number of likely N-dealkylation sites (N-methyl/N-ethyl adjacent to an activating group) is 1. The molecule has 92 valence electrons. The zero-order valence-electron chi connectivity index (χ0n) is 10.2. The molecular formula is C11H20N2O3. The molecular weight excluding hydrogens is 208 g/mol. The molecule has 0 radical (unpaired) electrons. The number of nitrogens with zero attached hydrogens (tertiary/aromatic N) is 2. The molecule has 5 nitrogen and oxygen atoms in total. The molecule has 0 saturated heterocycles. The van der Waals surface area contributed by atoms with Gasteiger partial charge in [-0.3, -0.25) is 4.79 Å². The first-order valence-electron chi connectivity index (χ1n) is 5.38. The van der Waals surface area contributed by atoms with E-state index in [1.807, 2.05) is 19.9 Å². The molecule has 16 heavy (non-hydrogen) atoms. The second-order valence-electron chi connectivity index (χ2n) is 3.70. The molecule has 0 aromatic rings. The summed E-state index contributed by atoms with van der Waals surface area (Å²) in [7, 11) is 1.66. The van der Waals surface area contributed by atoms with Crippen molar-refractivity contribution in [2.24, 2.45) is 0 Å². The summed E-state index contributed by atoms with van der Waals surface area (Å²) in [6.07, 6.45) is 0.524. The zero-order valence-corrected chi connectivity index (χ0v) is 10.2. The number of hydrogen-bond acceptors (Lipinski definition) is 4. The summed E-state index contributed by atoms with van der Waals surface area (Å²) < 4.78 is 10.4. The molecule has 0 atom stereocenters. The van der Waals surface area contributed by atoms with Crippen molar-refractivity contribution < 1.29 is 14.3 Å². The van der Waals surface area contributed by atoms with Gasteiger partial charge in [0.25, 0.3) is 0 Å². The normalized spacial score (nSPS) is 10.2. The molecule has 0 saturated carbocycles. The minimum atomic E-state index is -0.111. The molecule has 1 amide bonds. The highest BCUT2D eigenvalue weighted by molar-refractivity contribution is 5.77. The highest BCUT2D eigenvalue weighted by Gasteiger charge is 2.07. The number of rotatable bonds is 8. The maximum atomic E-state index is 11.4. The van der Waals surface area contributed by atoms with Crippen LogP contribution in [0.4, 0.5) is 0 Å². The van der Waals surface area contributed by atoms with Gasteiger partial charge in [0.05, 0.1) is 31.8 Å². The van der Waals surface area contributed by atoms with Crippen molar-refractivity contribution >= 4 is 5.91 Å². The van der Waals surface area contributed by atoms with Crippen molar-refractivity contribution in [1.82, 2.24) is 4.90 Å². The summed E-state index contributed by atoms with van der Waals surface area (Å²) in [5.41, 5.74) is 0. The summed E-state index contributed by atoms with van der Waals surface area (Å²) in [6.45, 7) is 5.29. The Balaban J connectivity index is 3.46. The van der Waals surface area contributed by atoms with Gasteiger partial charge in [0, 0.05) is 13.6 Å². The molecule has 0 rings (SSSR count). The molecule has 0 heterocycles. The Morgan fingerprint density at radius 3 is 2.69 bits per heavy atom. The number of nitriles is 1. The van der Waals surface area contributed by atoms with Crippen LogP contribution in [-0.2, 0) is 14.3 Å². The fourth-order valence-corrected chi connectivity index (χ4v) is 0.955. The lowest BCUT2D eigenvalue weighted by Crippen LogP contribution is -2.31. The molecule has 5 heteroatoms. The van der Waals surface area contributed by atoms with E-state index in [-0.39, 0.29) is 18.6 Å². The quantitative estimate of drug-likeness (QED) is 0.576. The third-order valence-electron chi connectivity index (χ3n) is 1.89. The molecule has 0 aliphatic heterocycles. The van der Waals surface area contributed by atoms with E-state index in [9.17, 15) is 4.79 Å². The fourth-order valence-electron chi connectivity index (χ4n) is 0.955. The average molecular weight is 228 g/mol. The standard InChI is InChI=1S/C11H20N2O3/c1-10(2)16-8-7-15-9-11(14)13(3)6-4-5-12/h10H,4,6-9H2,1-3H3. The van der Waals surface area contributed by atoms with E-state index in [1.165, 1.54) is 4.90 Å². The van der Waals surface area contributed by atoms with Crippen molar-refractivity contribution in [3.8, 4) is 6.07 Å². The number of hydrogen-bond donors (Lipinski definition) is 0. The van der Waals surface area contributed by atoms with E-state index in [0.717, 1.165) is 0 Å².